The summed E-state index contributed by atoms with van der Waals surface area (Å²) >= 11 is 0. The number of nitrogens with two attached hydrogens (primary N) is 1. The van der Waals surface area contributed by atoms with Crippen LogP contribution in [0.15, 0.2) is 24.3 Å². The summed E-state index contributed by atoms with van der Waals surface area (Å²) in [6.45, 7) is 12.6. The Bertz CT molecular complexity index is 387. The maximum absolute atomic E-state index is 10.2. The van der Waals surface area contributed by atoms with E-state index in [1.54, 1.807) is 0 Å². The van der Waals surface area contributed by atoms with Gasteiger partial charge in [0.15, 0.2) is 0 Å². The van der Waals surface area contributed by atoms with Gasteiger partial charge in [0.2, 0.25) is 0 Å². The van der Waals surface area contributed by atoms with Crippen LogP contribution in [0.1, 0.15) is 58.7 Å². The van der Waals surface area contributed by atoms with E-state index in [9.17, 15) is 5.11 Å². The fourth-order valence-electron chi connectivity index (χ4n) is 1.93. The Morgan fingerprint density at radius 2 is 1.37 bits per heavy atom. The second kappa shape index (κ2) is 6.25. The predicted molar refractivity (Wildman–Crippen MR) is 84.8 cm³/mol. The predicted octanol–water partition coefficient (Wildman–Crippen LogP) is 3.81. The van der Waals surface area contributed by atoms with E-state index in [-0.39, 0.29) is 29.3 Å². The molecule has 1 rings (SSSR count). The molecule has 0 amide bonds. The summed E-state index contributed by atoms with van der Waals surface area (Å²) in [6.07, 6.45) is -0.544. The Hall–Kier alpha value is -0.570. The average Bonchev–Trinajstić information content (AvgIpc) is 2.25. The molecule has 110 valence electrons. The first kappa shape index (κ1) is 18.4. The zero-order valence-electron chi connectivity index (χ0n) is 12.9. The van der Waals surface area contributed by atoms with E-state index in [0.717, 1.165) is 5.56 Å². The topological polar surface area (TPSA) is 46.2 Å². The lowest BCUT2D eigenvalue weighted by molar-refractivity contribution is 0.0401. The third-order valence-corrected chi connectivity index (χ3v) is 3.39. The van der Waals surface area contributed by atoms with E-state index in [0.29, 0.717) is 0 Å². The minimum absolute atomic E-state index is 0. The van der Waals surface area contributed by atoms with Crippen LogP contribution in [0, 0.1) is 5.41 Å². The van der Waals surface area contributed by atoms with Crippen LogP contribution in [0.2, 0.25) is 0 Å². The summed E-state index contributed by atoms with van der Waals surface area (Å²) in [7, 11) is 0. The molecule has 3 N–H and O–H groups in total. The molecule has 2 atom stereocenters. The summed E-state index contributed by atoms with van der Waals surface area (Å²) in [4.78, 5) is 0. The van der Waals surface area contributed by atoms with Gasteiger partial charge in [-0.05, 0) is 22.0 Å². The van der Waals surface area contributed by atoms with Crippen molar-refractivity contribution >= 4 is 12.4 Å². The minimum Gasteiger partial charge on any atom is -0.391 e. The lowest BCUT2D eigenvalue weighted by Crippen LogP contribution is -2.37. The third kappa shape index (κ3) is 4.79. The zero-order chi connectivity index (χ0) is 14.1. The van der Waals surface area contributed by atoms with Gasteiger partial charge in [-0.25, -0.2) is 0 Å². The van der Waals surface area contributed by atoms with Crippen molar-refractivity contribution in [2.75, 3.05) is 0 Å². The van der Waals surface area contributed by atoms with Crippen molar-refractivity contribution in [1.29, 1.82) is 0 Å². The molecule has 1 aromatic rings. The quantitative estimate of drug-likeness (QED) is 0.868. The van der Waals surface area contributed by atoms with Crippen LogP contribution in [-0.2, 0) is 5.41 Å². The number of hydrogen-bond donors (Lipinski definition) is 2. The average molecular weight is 286 g/mol. The molecule has 0 aromatic heterocycles. The number of aliphatic hydroxyl groups is 1. The van der Waals surface area contributed by atoms with Gasteiger partial charge in [0.1, 0.15) is 0 Å². The van der Waals surface area contributed by atoms with Gasteiger partial charge >= 0.3 is 0 Å². The van der Waals surface area contributed by atoms with Crippen molar-refractivity contribution in [2.24, 2.45) is 11.1 Å². The highest BCUT2D eigenvalue weighted by molar-refractivity contribution is 5.85. The molecule has 0 heterocycles. The van der Waals surface area contributed by atoms with E-state index < -0.39 is 6.10 Å². The highest BCUT2D eigenvalue weighted by Gasteiger charge is 2.29. The van der Waals surface area contributed by atoms with Gasteiger partial charge in [-0.15, -0.1) is 12.4 Å². The molecular weight excluding hydrogens is 258 g/mol. The molecular formula is C16H28ClNO. The van der Waals surface area contributed by atoms with Crippen LogP contribution in [0.3, 0.4) is 0 Å². The molecule has 0 saturated carbocycles. The van der Waals surface area contributed by atoms with Crippen LogP contribution in [0.25, 0.3) is 0 Å². The molecule has 0 saturated heterocycles. The van der Waals surface area contributed by atoms with Crippen molar-refractivity contribution < 1.29 is 5.11 Å². The second-order valence-electron chi connectivity index (χ2n) is 7.21. The van der Waals surface area contributed by atoms with Crippen molar-refractivity contribution in [3.05, 3.63) is 35.4 Å². The molecule has 0 radical (unpaired) electrons. The van der Waals surface area contributed by atoms with Gasteiger partial charge in [0, 0.05) is 0 Å². The normalized spacial score (nSPS) is 15.6. The van der Waals surface area contributed by atoms with Gasteiger partial charge in [-0.2, -0.15) is 0 Å². The van der Waals surface area contributed by atoms with Crippen LogP contribution >= 0.6 is 12.4 Å². The number of hydrogen-bond acceptors (Lipinski definition) is 2. The smallest absolute Gasteiger partial charge is 0.0780 e. The fourth-order valence-corrected chi connectivity index (χ4v) is 1.93. The summed E-state index contributed by atoms with van der Waals surface area (Å²) in [6, 6.07) is 7.93. The monoisotopic (exact) mass is 285 g/mol. The van der Waals surface area contributed by atoms with E-state index in [1.165, 1.54) is 5.56 Å². The van der Waals surface area contributed by atoms with Crippen LogP contribution in [0.5, 0.6) is 0 Å². The van der Waals surface area contributed by atoms with Gasteiger partial charge in [0.05, 0.1) is 12.1 Å². The SMILES string of the molecule is CC(C)(C)c1ccc([C@@H](N)[C@@H](O)C(C)(C)C)cc1.Cl. The Kier molecular flexibility index (Phi) is 6.07. The zero-order valence-corrected chi connectivity index (χ0v) is 13.7. The lowest BCUT2D eigenvalue weighted by atomic mass is 9.81. The van der Waals surface area contributed by atoms with Crippen LogP contribution in [0.4, 0.5) is 0 Å². The van der Waals surface area contributed by atoms with E-state index >= 15 is 0 Å². The molecule has 0 fully saturated rings. The number of rotatable bonds is 2. The molecule has 0 bridgehead atoms. The standard InChI is InChI=1S/C16H27NO.ClH/c1-15(2,3)12-9-7-11(8-10-12)13(17)14(18)16(4,5)6;/h7-10,13-14,18H,17H2,1-6H3;1H/t13-,14-;/m1./s1. The van der Waals surface area contributed by atoms with Gasteiger partial charge in [-0.1, -0.05) is 65.8 Å². The molecule has 0 aliphatic rings. The van der Waals surface area contributed by atoms with Crippen molar-refractivity contribution in [3.8, 4) is 0 Å². The first-order valence-corrected chi connectivity index (χ1v) is 6.57. The summed E-state index contributed by atoms with van der Waals surface area (Å²) < 4.78 is 0. The summed E-state index contributed by atoms with van der Waals surface area (Å²) in [5, 5.41) is 10.2. The fraction of sp³-hybridized carbons (Fsp3) is 0.625. The molecule has 0 unspecified atom stereocenters. The minimum atomic E-state index is -0.544. The number of halogens is 1. The first-order chi connectivity index (χ1) is 8.03. The maximum Gasteiger partial charge on any atom is 0.0780 e. The molecule has 19 heavy (non-hydrogen) atoms. The van der Waals surface area contributed by atoms with Crippen molar-refractivity contribution in [1.82, 2.24) is 0 Å². The molecule has 1 aromatic carbocycles. The Morgan fingerprint density at radius 1 is 0.947 bits per heavy atom. The van der Waals surface area contributed by atoms with E-state index in [2.05, 4.69) is 32.9 Å². The molecule has 0 aliphatic carbocycles. The first-order valence-electron chi connectivity index (χ1n) is 6.57. The molecule has 2 nitrogen and oxygen atoms in total. The van der Waals surface area contributed by atoms with E-state index in [4.69, 9.17) is 5.73 Å². The van der Waals surface area contributed by atoms with Crippen molar-refractivity contribution in [2.45, 2.75) is 59.1 Å². The third-order valence-electron chi connectivity index (χ3n) is 3.39. The van der Waals surface area contributed by atoms with Crippen molar-refractivity contribution in [3.63, 3.8) is 0 Å². The van der Waals surface area contributed by atoms with E-state index in [1.807, 2.05) is 32.9 Å². The van der Waals surface area contributed by atoms with Gasteiger partial charge < -0.3 is 10.8 Å². The Morgan fingerprint density at radius 3 is 1.68 bits per heavy atom. The van der Waals surface area contributed by atoms with Crippen LogP contribution in [-0.4, -0.2) is 11.2 Å². The molecule has 0 spiro atoms. The van der Waals surface area contributed by atoms with Gasteiger partial charge in [-0.3, -0.25) is 0 Å². The maximum atomic E-state index is 10.2. The second-order valence-corrected chi connectivity index (χ2v) is 7.21. The highest BCUT2D eigenvalue weighted by Crippen LogP contribution is 2.30. The Balaban J connectivity index is 0.00000324. The van der Waals surface area contributed by atoms with Gasteiger partial charge in [0.25, 0.3) is 0 Å². The number of aliphatic hydroxyl groups excluding tert-OH is 1. The summed E-state index contributed by atoms with van der Waals surface area (Å²) in [5.74, 6) is 0. The largest absolute Gasteiger partial charge is 0.391 e. The molecule has 3 heteroatoms. The summed E-state index contributed by atoms with van der Waals surface area (Å²) in [5.41, 5.74) is 8.34. The van der Waals surface area contributed by atoms with Crippen LogP contribution < -0.4 is 5.73 Å². The number of benzene rings is 1. The Labute approximate surface area is 123 Å². The highest BCUT2D eigenvalue weighted by atomic mass is 35.5. The lowest BCUT2D eigenvalue weighted by Gasteiger charge is -2.31. The molecule has 0 aliphatic heterocycles.